The number of hydrogen-bond acceptors (Lipinski definition) is 4. The first-order valence-electron chi connectivity index (χ1n) is 18.8. The number of nitrogens with zero attached hydrogens (tertiary/aromatic N) is 4. The smallest absolute Gasteiger partial charge is 0.164 e. The highest BCUT2D eigenvalue weighted by Gasteiger charge is 2.21. The summed E-state index contributed by atoms with van der Waals surface area (Å²) in [6.45, 7) is 0. The Morgan fingerprint density at radius 1 is 0.339 bits per heavy atom. The average molecular weight is 733 g/mol. The Morgan fingerprint density at radius 3 is 1.43 bits per heavy atom. The summed E-state index contributed by atoms with van der Waals surface area (Å²) in [5.41, 5.74) is 11.1. The Hall–Kier alpha value is -7.21. The lowest BCUT2D eigenvalue weighted by Gasteiger charge is -2.12. The molecule has 4 nitrogen and oxygen atoms in total. The number of thiophene rings is 1. The Labute approximate surface area is 327 Å². The minimum absolute atomic E-state index is 0.639. The molecular formula is C51H32N4S. The molecular weight excluding hydrogens is 701 g/mol. The lowest BCUT2D eigenvalue weighted by atomic mass is 9.94. The minimum Gasteiger partial charge on any atom is -0.308 e. The molecule has 5 heteroatoms. The summed E-state index contributed by atoms with van der Waals surface area (Å²) in [4.78, 5) is 15.0. The summed E-state index contributed by atoms with van der Waals surface area (Å²) in [5, 5.41) is 5.00. The summed E-state index contributed by atoms with van der Waals surface area (Å²) < 4.78 is 4.97. The van der Waals surface area contributed by atoms with Crippen molar-refractivity contribution in [3.8, 4) is 62.1 Å². The normalized spacial score (nSPS) is 11.6. The predicted octanol–water partition coefficient (Wildman–Crippen LogP) is 13.7. The monoisotopic (exact) mass is 732 g/mol. The maximum atomic E-state index is 5.06. The van der Waals surface area contributed by atoms with E-state index in [0.29, 0.717) is 17.5 Å². The highest BCUT2D eigenvalue weighted by molar-refractivity contribution is 7.27. The van der Waals surface area contributed by atoms with Gasteiger partial charge in [-0.2, -0.15) is 0 Å². The SMILES string of the molecule is c1ccc(-c2nc(-c3ccccc3)nc(-c3cccc(-c4ccc(-c5ccccc5)c5sc6c(-n7c8ccccc8c8ccccc87)cccc6c45)c3)n2)cc1. The molecule has 0 spiro atoms. The molecule has 0 bridgehead atoms. The average Bonchev–Trinajstić information content (AvgIpc) is 3.84. The van der Waals surface area contributed by atoms with Gasteiger partial charge in [-0.15, -0.1) is 11.3 Å². The van der Waals surface area contributed by atoms with E-state index in [0.717, 1.165) is 22.3 Å². The molecule has 0 aliphatic heterocycles. The van der Waals surface area contributed by atoms with Gasteiger partial charge in [0, 0.05) is 42.9 Å². The van der Waals surface area contributed by atoms with Crippen LogP contribution in [0.2, 0.25) is 0 Å². The molecule has 0 N–H and O–H groups in total. The Morgan fingerprint density at radius 2 is 0.804 bits per heavy atom. The third-order valence-corrected chi connectivity index (χ3v) is 11.9. The lowest BCUT2D eigenvalue weighted by molar-refractivity contribution is 1.07. The van der Waals surface area contributed by atoms with Crippen molar-refractivity contribution in [2.75, 3.05) is 0 Å². The van der Waals surface area contributed by atoms with Crippen LogP contribution in [0.3, 0.4) is 0 Å². The maximum absolute atomic E-state index is 5.06. The van der Waals surface area contributed by atoms with Gasteiger partial charge in [0.1, 0.15) is 0 Å². The number of benzene rings is 8. The zero-order valence-corrected chi connectivity index (χ0v) is 31.0. The summed E-state index contributed by atoms with van der Waals surface area (Å²) in [7, 11) is 0. The highest BCUT2D eigenvalue weighted by atomic mass is 32.1. The standard InChI is InChI=1S/C51H32N4S/c1-4-16-33(17-5-1)39-31-30-38(36-22-14-23-37(32-36)51-53-49(34-18-6-2-7-19-34)52-50(54-51)35-20-8-3-9-21-35)46-42-26-15-29-45(47(42)56-48(39)46)55-43-27-12-10-24-40(43)41-25-11-13-28-44(41)55/h1-32H. The van der Waals surface area contributed by atoms with Gasteiger partial charge in [-0.05, 0) is 46.5 Å². The number of fused-ring (bicyclic) bond motifs is 6. The third kappa shape index (κ3) is 5.32. The number of hydrogen-bond donors (Lipinski definition) is 0. The first-order valence-corrected chi connectivity index (χ1v) is 19.6. The quantitative estimate of drug-likeness (QED) is 0.171. The topological polar surface area (TPSA) is 43.6 Å². The van der Waals surface area contributed by atoms with E-state index < -0.39 is 0 Å². The minimum atomic E-state index is 0.639. The third-order valence-electron chi connectivity index (χ3n) is 10.7. The van der Waals surface area contributed by atoms with Gasteiger partial charge in [0.05, 0.1) is 21.4 Å². The van der Waals surface area contributed by atoms with Crippen LogP contribution in [0.4, 0.5) is 0 Å². The van der Waals surface area contributed by atoms with Gasteiger partial charge in [-0.25, -0.2) is 15.0 Å². The number of rotatable bonds is 6. The largest absolute Gasteiger partial charge is 0.308 e. The highest BCUT2D eigenvalue weighted by Crippen LogP contribution is 2.48. The van der Waals surface area contributed by atoms with Gasteiger partial charge in [-0.1, -0.05) is 170 Å². The van der Waals surface area contributed by atoms with Gasteiger partial charge in [0.15, 0.2) is 17.5 Å². The van der Waals surface area contributed by atoms with Crippen molar-refractivity contribution in [3.05, 3.63) is 194 Å². The molecule has 0 saturated carbocycles. The fourth-order valence-corrected chi connectivity index (χ4v) is 9.46. The van der Waals surface area contributed by atoms with E-state index in [4.69, 9.17) is 15.0 Å². The van der Waals surface area contributed by atoms with Crippen LogP contribution in [0.1, 0.15) is 0 Å². The molecule has 0 unspecified atom stereocenters. The zero-order valence-electron chi connectivity index (χ0n) is 30.2. The van der Waals surface area contributed by atoms with Gasteiger partial charge in [0.2, 0.25) is 0 Å². The molecule has 3 aromatic heterocycles. The summed E-state index contributed by atoms with van der Waals surface area (Å²) in [6, 6.07) is 68.5. The summed E-state index contributed by atoms with van der Waals surface area (Å²) in [5.74, 6) is 1.94. The first-order chi connectivity index (χ1) is 27.8. The van der Waals surface area contributed by atoms with E-state index in [1.807, 2.05) is 72.0 Å². The van der Waals surface area contributed by atoms with Crippen LogP contribution in [-0.4, -0.2) is 19.5 Å². The summed E-state index contributed by atoms with van der Waals surface area (Å²) in [6.07, 6.45) is 0. The lowest BCUT2D eigenvalue weighted by Crippen LogP contribution is -2.00. The van der Waals surface area contributed by atoms with Crippen LogP contribution in [0.25, 0.3) is 104 Å². The second-order valence-electron chi connectivity index (χ2n) is 14.0. The van der Waals surface area contributed by atoms with Gasteiger partial charge in [-0.3, -0.25) is 0 Å². The Bertz CT molecular complexity index is 3130. The molecule has 8 aromatic carbocycles. The second-order valence-corrected chi connectivity index (χ2v) is 15.0. The first kappa shape index (κ1) is 32.2. The number of para-hydroxylation sites is 2. The van der Waals surface area contributed by atoms with E-state index in [2.05, 4.69) is 138 Å². The Kier molecular flexibility index (Phi) is 7.64. The molecule has 56 heavy (non-hydrogen) atoms. The fourth-order valence-electron chi connectivity index (χ4n) is 8.09. The van der Waals surface area contributed by atoms with Crippen LogP contribution in [0.5, 0.6) is 0 Å². The van der Waals surface area contributed by atoms with Crippen LogP contribution in [-0.2, 0) is 0 Å². The van der Waals surface area contributed by atoms with E-state index in [1.54, 1.807) is 0 Å². The molecule has 3 heterocycles. The molecule has 11 rings (SSSR count). The van der Waals surface area contributed by atoms with Crippen molar-refractivity contribution in [2.45, 2.75) is 0 Å². The Balaban J connectivity index is 1.15. The van der Waals surface area contributed by atoms with Crippen molar-refractivity contribution >= 4 is 53.3 Å². The zero-order chi connectivity index (χ0) is 37.0. The molecule has 0 aliphatic carbocycles. The van der Waals surface area contributed by atoms with Crippen LogP contribution >= 0.6 is 11.3 Å². The van der Waals surface area contributed by atoms with Crippen LogP contribution in [0.15, 0.2) is 194 Å². The van der Waals surface area contributed by atoms with E-state index in [1.165, 1.54) is 64.4 Å². The van der Waals surface area contributed by atoms with Crippen molar-refractivity contribution in [1.82, 2.24) is 19.5 Å². The van der Waals surface area contributed by atoms with Crippen LogP contribution in [0, 0.1) is 0 Å². The molecule has 0 radical (unpaired) electrons. The van der Waals surface area contributed by atoms with E-state index >= 15 is 0 Å². The van der Waals surface area contributed by atoms with Gasteiger partial charge >= 0.3 is 0 Å². The van der Waals surface area contributed by atoms with Gasteiger partial charge in [0.25, 0.3) is 0 Å². The second kappa shape index (κ2) is 13.3. The van der Waals surface area contributed by atoms with Crippen molar-refractivity contribution in [1.29, 1.82) is 0 Å². The van der Waals surface area contributed by atoms with Crippen LogP contribution < -0.4 is 0 Å². The molecule has 0 amide bonds. The molecule has 0 saturated heterocycles. The maximum Gasteiger partial charge on any atom is 0.164 e. The van der Waals surface area contributed by atoms with Crippen molar-refractivity contribution in [3.63, 3.8) is 0 Å². The number of aromatic nitrogens is 4. The predicted molar refractivity (Wildman–Crippen MR) is 234 cm³/mol. The molecule has 0 fully saturated rings. The van der Waals surface area contributed by atoms with Crippen molar-refractivity contribution < 1.29 is 0 Å². The van der Waals surface area contributed by atoms with Gasteiger partial charge < -0.3 is 4.57 Å². The van der Waals surface area contributed by atoms with E-state index in [-0.39, 0.29) is 0 Å². The van der Waals surface area contributed by atoms with E-state index in [9.17, 15) is 0 Å². The molecule has 262 valence electrons. The molecule has 11 aromatic rings. The molecule has 0 aliphatic rings. The fraction of sp³-hybridized carbons (Fsp3) is 0. The summed E-state index contributed by atoms with van der Waals surface area (Å²) >= 11 is 1.88. The van der Waals surface area contributed by atoms with Crippen molar-refractivity contribution in [2.24, 2.45) is 0 Å². The molecule has 0 atom stereocenters.